The minimum atomic E-state index is 0.126. The van der Waals surface area contributed by atoms with Gasteiger partial charge in [0.25, 0.3) is 0 Å². The van der Waals surface area contributed by atoms with Gasteiger partial charge in [-0.2, -0.15) is 0 Å². The molecule has 0 aliphatic heterocycles. The molecule has 0 spiro atoms. The summed E-state index contributed by atoms with van der Waals surface area (Å²) in [6.07, 6.45) is 7.40. The van der Waals surface area contributed by atoms with E-state index >= 15 is 0 Å². The smallest absolute Gasteiger partial charge is 0.192 e. The lowest BCUT2D eigenvalue weighted by Gasteiger charge is -2.19. The van der Waals surface area contributed by atoms with Gasteiger partial charge in [0.05, 0.1) is 0 Å². The van der Waals surface area contributed by atoms with E-state index in [4.69, 9.17) is 0 Å². The molecule has 1 heteroatoms. The van der Waals surface area contributed by atoms with Crippen molar-refractivity contribution in [3.8, 4) is 0 Å². The predicted molar refractivity (Wildman–Crippen MR) is 84.4 cm³/mol. The van der Waals surface area contributed by atoms with Crippen LogP contribution in [-0.4, -0.2) is 5.78 Å². The first-order valence-corrected chi connectivity index (χ1v) is 7.40. The van der Waals surface area contributed by atoms with Gasteiger partial charge in [-0.3, -0.25) is 4.79 Å². The van der Waals surface area contributed by atoms with Crippen LogP contribution in [0.5, 0.6) is 0 Å². The summed E-state index contributed by atoms with van der Waals surface area (Å²) in [6.45, 7) is 0. The highest BCUT2D eigenvalue weighted by Crippen LogP contribution is 2.42. The topological polar surface area (TPSA) is 17.1 Å². The Labute approximate surface area is 124 Å². The fourth-order valence-corrected chi connectivity index (χ4v) is 3.47. The molecule has 0 fully saturated rings. The Hall–Kier alpha value is -2.41. The van der Waals surface area contributed by atoms with Gasteiger partial charge < -0.3 is 0 Å². The normalized spacial score (nSPS) is 22.4. The summed E-state index contributed by atoms with van der Waals surface area (Å²) in [5, 5.41) is 0. The highest BCUT2D eigenvalue weighted by Gasteiger charge is 2.31. The molecule has 0 amide bonds. The fourth-order valence-electron chi connectivity index (χ4n) is 3.47. The Balaban J connectivity index is 1.65. The van der Waals surface area contributed by atoms with Crippen molar-refractivity contribution in [1.29, 1.82) is 0 Å². The number of fused-ring (bicyclic) bond motifs is 3. The lowest BCUT2D eigenvalue weighted by Crippen LogP contribution is -2.12. The summed E-state index contributed by atoms with van der Waals surface area (Å²) in [5.74, 6) is 0.991. The average molecular weight is 272 g/mol. The van der Waals surface area contributed by atoms with E-state index in [1.165, 1.54) is 11.1 Å². The monoisotopic (exact) mass is 272 g/mol. The first kappa shape index (κ1) is 12.3. The first-order valence-electron chi connectivity index (χ1n) is 7.40. The molecule has 0 heterocycles. The molecule has 2 aliphatic carbocycles. The number of carbonyl (C=O) groups excluding carboxylic acids is 1. The zero-order chi connectivity index (χ0) is 14.2. The number of carbonyl (C=O) groups is 1. The van der Waals surface area contributed by atoms with Crippen LogP contribution in [0, 0.1) is 5.92 Å². The molecule has 2 aromatic carbocycles. The maximum Gasteiger partial charge on any atom is 0.192 e. The highest BCUT2D eigenvalue weighted by atomic mass is 16.1. The molecule has 21 heavy (non-hydrogen) atoms. The molecule has 2 atom stereocenters. The highest BCUT2D eigenvalue weighted by molar-refractivity contribution is 6.10. The van der Waals surface area contributed by atoms with Crippen LogP contribution in [0.15, 0.2) is 78.4 Å². The lowest BCUT2D eigenvalue weighted by molar-refractivity contribution is 0.103. The van der Waals surface area contributed by atoms with Gasteiger partial charge in [0.15, 0.2) is 5.78 Å². The summed E-state index contributed by atoms with van der Waals surface area (Å²) in [5.41, 5.74) is 4.43. The number of hydrogen-bond acceptors (Lipinski definition) is 1. The third-order valence-corrected chi connectivity index (χ3v) is 4.51. The van der Waals surface area contributed by atoms with E-state index in [9.17, 15) is 4.79 Å². The number of Topliss-reactive ketones (excluding diaryl/α,β-unsaturated/α-hetero) is 1. The maximum atomic E-state index is 12.5. The molecule has 0 aromatic heterocycles. The summed E-state index contributed by atoms with van der Waals surface area (Å²) in [6, 6.07) is 18.1. The molecule has 2 aromatic rings. The summed E-state index contributed by atoms with van der Waals surface area (Å²) in [4.78, 5) is 12.5. The second-order valence-electron chi connectivity index (χ2n) is 5.77. The molecule has 4 rings (SSSR count). The van der Waals surface area contributed by atoms with Crippen molar-refractivity contribution in [2.45, 2.75) is 12.3 Å². The van der Waals surface area contributed by atoms with Crippen LogP contribution in [0.2, 0.25) is 0 Å². The molecule has 0 saturated heterocycles. The SMILES string of the molecule is O=C(C1=C[C@H]2Cc3ccccc3[C@@H]2C=C1)c1ccccc1. The van der Waals surface area contributed by atoms with Crippen LogP contribution in [0.3, 0.4) is 0 Å². The largest absolute Gasteiger partial charge is 0.289 e. The Morgan fingerprint density at radius 3 is 2.57 bits per heavy atom. The first-order chi connectivity index (χ1) is 10.3. The van der Waals surface area contributed by atoms with E-state index in [0.717, 1.165) is 17.6 Å². The van der Waals surface area contributed by atoms with Gasteiger partial charge in [0.1, 0.15) is 0 Å². The van der Waals surface area contributed by atoms with Crippen LogP contribution in [-0.2, 0) is 6.42 Å². The van der Waals surface area contributed by atoms with E-state index in [-0.39, 0.29) is 5.78 Å². The lowest BCUT2D eigenvalue weighted by atomic mass is 9.84. The zero-order valence-corrected chi connectivity index (χ0v) is 11.7. The zero-order valence-electron chi connectivity index (χ0n) is 11.7. The van der Waals surface area contributed by atoms with Gasteiger partial charge in [-0.15, -0.1) is 0 Å². The van der Waals surface area contributed by atoms with E-state index in [1.54, 1.807) is 0 Å². The van der Waals surface area contributed by atoms with Gasteiger partial charge in [0.2, 0.25) is 0 Å². The van der Waals surface area contributed by atoms with Crippen LogP contribution in [0.25, 0.3) is 0 Å². The molecule has 0 radical (unpaired) electrons. The number of allylic oxidation sites excluding steroid dienone is 4. The summed E-state index contributed by atoms with van der Waals surface area (Å²) >= 11 is 0. The van der Waals surface area contributed by atoms with E-state index in [2.05, 4.69) is 36.4 Å². The summed E-state index contributed by atoms with van der Waals surface area (Å²) in [7, 11) is 0. The van der Waals surface area contributed by atoms with Crippen molar-refractivity contribution < 1.29 is 4.79 Å². The molecule has 102 valence electrons. The molecule has 0 bridgehead atoms. The van der Waals surface area contributed by atoms with Gasteiger partial charge in [0, 0.05) is 17.1 Å². The minimum absolute atomic E-state index is 0.126. The van der Waals surface area contributed by atoms with Gasteiger partial charge in [-0.25, -0.2) is 0 Å². The third kappa shape index (κ3) is 2.06. The second kappa shape index (κ2) is 4.85. The third-order valence-electron chi connectivity index (χ3n) is 4.51. The summed E-state index contributed by atoms with van der Waals surface area (Å²) < 4.78 is 0. The maximum absolute atomic E-state index is 12.5. The quantitative estimate of drug-likeness (QED) is 0.744. The second-order valence-corrected chi connectivity index (χ2v) is 5.77. The van der Waals surface area contributed by atoms with Crippen molar-refractivity contribution >= 4 is 5.78 Å². The van der Waals surface area contributed by atoms with Crippen molar-refractivity contribution in [1.82, 2.24) is 0 Å². The minimum Gasteiger partial charge on any atom is -0.289 e. The number of ketones is 1. The molecule has 0 saturated carbocycles. The molecular formula is C20H16O. The van der Waals surface area contributed by atoms with Crippen molar-refractivity contribution in [3.05, 3.63) is 95.1 Å². The average Bonchev–Trinajstić information content (AvgIpc) is 2.92. The van der Waals surface area contributed by atoms with E-state index in [1.807, 2.05) is 36.4 Å². The standard InChI is InChI=1S/C20H16O/c21-20(14-6-2-1-3-7-14)16-10-11-19-17(13-16)12-15-8-4-5-9-18(15)19/h1-11,13,17,19H,12H2/t17-,19-/m1/s1. The Morgan fingerprint density at radius 2 is 1.71 bits per heavy atom. The van der Waals surface area contributed by atoms with Crippen LogP contribution in [0.4, 0.5) is 0 Å². The van der Waals surface area contributed by atoms with Gasteiger partial charge in [-0.05, 0) is 23.5 Å². The fraction of sp³-hybridized carbons (Fsp3) is 0.150. The molecular weight excluding hydrogens is 256 g/mol. The van der Waals surface area contributed by atoms with Crippen LogP contribution in [0.1, 0.15) is 27.4 Å². The van der Waals surface area contributed by atoms with Crippen LogP contribution < -0.4 is 0 Å². The molecule has 2 aliphatic rings. The van der Waals surface area contributed by atoms with E-state index < -0.39 is 0 Å². The molecule has 0 unspecified atom stereocenters. The predicted octanol–water partition coefficient (Wildman–Crippen LogP) is 4.32. The number of rotatable bonds is 2. The van der Waals surface area contributed by atoms with Gasteiger partial charge >= 0.3 is 0 Å². The Kier molecular flexibility index (Phi) is 2.85. The van der Waals surface area contributed by atoms with E-state index in [0.29, 0.717) is 11.8 Å². The van der Waals surface area contributed by atoms with Crippen LogP contribution >= 0.6 is 0 Å². The van der Waals surface area contributed by atoms with Crippen molar-refractivity contribution in [2.24, 2.45) is 5.92 Å². The number of benzene rings is 2. The van der Waals surface area contributed by atoms with Crippen molar-refractivity contribution in [2.75, 3.05) is 0 Å². The molecule has 0 N–H and O–H groups in total. The molecule has 1 nitrogen and oxygen atoms in total. The number of hydrogen-bond donors (Lipinski definition) is 0. The van der Waals surface area contributed by atoms with Crippen molar-refractivity contribution in [3.63, 3.8) is 0 Å². The Bertz CT molecular complexity index is 752. The van der Waals surface area contributed by atoms with Gasteiger partial charge in [-0.1, -0.05) is 72.8 Å². The Morgan fingerprint density at radius 1 is 0.952 bits per heavy atom.